The first-order chi connectivity index (χ1) is 18.1. The molecule has 0 spiro atoms. The van der Waals surface area contributed by atoms with Crippen LogP contribution < -0.4 is 9.47 Å². The van der Waals surface area contributed by atoms with Gasteiger partial charge in [-0.3, -0.25) is 4.98 Å². The van der Waals surface area contributed by atoms with E-state index in [1.54, 1.807) is 25.2 Å². The molecule has 0 radical (unpaired) electrons. The van der Waals surface area contributed by atoms with Crippen molar-refractivity contribution in [3.8, 4) is 11.6 Å². The molecule has 4 aromatic heterocycles. The highest BCUT2D eigenvalue weighted by Crippen LogP contribution is 2.43. The van der Waals surface area contributed by atoms with Gasteiger partial charge in [0.15, 0.2) is 5.60 Å². The summed E-state index contributed by atoms with van der Waals surface area (Å²) in [6.45, 7) is 7.59. The minimum atomic E-state index is -1.63. The molecule has 4 heterocycles. The van der Waals surface area contributed by atoms with Gasteiger partial charge >= 0.3 is 0 Å². The second-order valence-corrected chi connectivity index (χ2v) is 9.50. The summed E-state index contributed by atoms with van der Waals surface area (Å²) >= 11 is 6.91. The number of aliphatic hydroxyl groups is 1. The number of rotatable bonds is 7. The average molecular weight is 535 g/mol. The molecule has 10 nitrogen and oxygen atoms in total. The predicted octanol–water partition coefficient (Wildman–Crippen LogP) is 4.51. The van der Waals surface area contributed by atoms with E-state index < -0.39 is 5.60 Å². The zero-order chi connectivity index (χ0) is 27.2. The van der Waals surface area contributed by atoms with Crippen LogP contribution in [0.5, 0.6) is 11.6 Å². The number of ether oxygens (including phenoxy) is 2. The maximum atomic E-state index is 12.4. The fraction of sp³-hybridized carbons (Fsp3) is 0.296. The second kappa shape index (κ2) is 9.70. The Morgan fingerprint density at radius 2 is 1.87 bits per heavy atom. The van der Waals surface area contributed by atoms with Crippen molar-refractivity contribution in [1.29, 1.82) is 0 Å². The topological polar surface area (TPSA) is 121 Å². The van der Waals surface area contributed by atoms with Crippen LogP contribution in [0, 0.1) is 27.7 Å². The van der Waals surface area contributed by atoms with Crippen molar-refractivity contribution in [1.82, 2.24) is 30.1 Å². The van der Waals surface area contributed by atoms with Gasteiger partial charge in [-0.05, 0) is 51.5 Å². The van der Waals surface area contributed by atoms with Crippen molar-refractivity contribution in [3.05, 3.63) is 86.8 Å². The summed E-state index contributed by atoms with van der Waals surface area (Å²) < 4.78 is 18.4. The molecule has 5 aromatic rings. The molecule has 0 amide bonds. The molecule has 1 atom stereocenters. The lowest BCUT2D eigenvalue weighted by molar-refractivity contribution is 0.115. The quantitative estimate of drug-likeness (QED) is 0.321. The van der Waals surface area contributed by atoms with E-state index >= 15 is 0 Å². The van der Waals surface area contributed by atoms with E-state index in [0.717, 1.165) is 17.0 Å². The minimum Gasteiger partial charge on any atom is -0.482 e. The van der Waals surface area contributed by atoms with E-state index in [4.69, 9.17) is 25.6 Å². The molecule has 0 fully saturated rings. The summed E-state index contributed by atoms with van der Waals surface area (Å²) in [4.78, 5) is 9.20. The van der Waals surface area contributed by atoms with Crippen molar-refractivity contribution in [2.45, 2.75) is 39.9 Å². The van der Waals surface area contributed by atoms with Crippen LogP contribution in [-0.4, -0.2) is 42.3 Å². The summed E-state index contributed by atoms with van der Waals surface area (Å²) in [5, 5.41) is 25.3. The van der Waals surface area contributed by atoms with Crippen LogP contribution in [0.3, 0.4) is 0 Å². The Balaban J connectivity index is 1.68. The Morgan fingerprint density at radius 1 is 1.08 bits per heavy atom. The smallest absolute Gasteiger partial charge is 0.258 e. The van der Waals surface area contributed by atoms with Crippen molar-refractivity contribution in [3.63, 3.8) is 0 Å². The molecular formula is C27H27ClN6O4. The standard InChI is InChI=1S/C27H27ClN6O4/c1-14-7-9-21(16(3)30-14)27(35,23-12-29-33-34(23)5)18-8-10-22-19(11-18)24(28)25(26(31-22)36-6)37-13-20-15(2)32-38-17(20)4/h7-12,35H,13H2,1-6H3. The molecule has 38 heavy (non-hydrogen) atoms. The third-order valence-electron chi connectivity index (χ3n) is 6.70. The van der Waals surface area contributed by atoms with Crippen molar-refractivity contribution >= 4 is 22.5 Å². The van der Waals surface area contributed by atoms with Crippen LogP contribution in [-0.2, 0) is 19.3 Å². The molecule has 0 aliphatic heterocycles. The van der Waals surface area contributed by atoms with Crippen LogP contribution in [0.4, 0.5) is 0 Å². The number of aryl methyl sites for hydroxylation is 5. The zero-order valence-corrected chi connectivity index (χ0v) is 22.7. The minimum absolute atomic E-state index is 0.170. The molecular weight excluding hydrogens is 508 g/mol. The van der Waals surface area contributed by atoms with E-state index in [1.165, 1.54) is 18.0 Å². The van der Waals surface area contributed by atoms with E-state index in [9.17, 15) is 5.11 Å². The SMILES string of the molecule is COc1nc2ccc(C(O)(c3ccc(C)nc3C)c3cnnn3C)cc2c(Cl)c1OCc1c(C)noc1C. The number of hydrogen-bond donors (Lipinski definition) is 1. The Morgan fingerprint density at radius 3 is 2.50 bits per heavy atom. The summed E-state index contributed by atoms with van der Waals surface area (Å²) in [5.41, 5.74) is 3.62. The van der Waals surface area contributed by atoms with E-state index in [-0.39, 0.29) is 18.2 Å². The molecule has 0 bridgehead atoms. The molecule has 5 rings (SSSR count). The highest BCUT2D eigenvalue weighted by Gasteiger charge is 2.39. The Bertz CT molecular complexity index is 1640. The molecule has 0 aliphatic carbocycles. The molecule has 11 heteroatoms. The monoisotopic (exact) mass is 534 g/mol. The van der Waals surface area contributed by atoms with Gasteiger partial charge in [0, 0.05) is 29.4 Å². The number of nitrogens with zero attached hydrogens (tertiary/aromatic N) is 6. The second-order valence-electron chi connectivity index (χ2n) is 9.13. The average Bonchev–Trinajstić information content (AvgIpc) is 3.47. The van der Waals surface area contributed by atoms with Crippen molar-refractivity contribution in [2.24, 2.45) is 7.05 Å². The number of pyridine rings is 2. The fourth-order valence-electron chi connectivity index (χ4n) is 4.65. The van der Waals surface area contributed by atoms with Gasteiger partial charge in [-0.2, -0.15) is 0 Å². The number of halogens is 1. The highest BCUT2D eigenvalue weighted by atomic mass is 35.5. The van der Waals surface area contributed by atoms with Crippen LogP contribution in [0.15, 0.2) is 41.1 Å². The van der Waals surface area contributed by atoms with E-state index in [1.807, 2.05) is 39.8 Å². The fourth-order valence-corrected chi connectivity index (χ4v) is 4.94. The van der Waals surface area contributed by atoms with Gasteiger partial charge in [0.1, 0.15) is 12.4 Å². The number of fused-ring (bicyclic) bond motifs is 1. The predicted molar refractivity (Wildman–Crippen MR) is 140 cm³/mol. The lowest BCUT2D eigenvalue weighted by Crippen LogP contribution is -2.32. The zero-order valence-electron chi connectivity index (χ0n) is 21.9. The van der Waals surface area contributed by atoms with Gasteiger partial charge in [-0.1, -0.05) is 34.1 Å². The van der Waals surface area contributed by atoms with E-state index in [2.05, 4.69) is 25.4 Å². The summed E-state index contributed by atoms with van der Waals surface area (Å²) in [6, 6.07) is 9.09. The van der Waals surface area contributed by atoms with Crippen LogP contribution in [0.25, 0.3) is 10.9 Å². The van der Waals surface area contributed by atoms with Gasteiger partial charge in [0.25, 0.3) is 5.88 Å². The normalized spacial score (nSPS) is 13.1. The number of methoxy groups -OCH3 is 1. The maximum absolute atomic E-state index is 12.4. The molecule has 1 unspecified atom stereocenters. The molecule has 0 saturated carbocycles. The molecule has 1 aromatic carbocycles. The van der Waals surface area contributed by atoms with Gasteiger partial charge in [0.2, 0.25) is 5.75 Å². The van der Waals surface area contributed by atoms with E-state index in [0.29, 0.717) is 44.2 Å². The lowest BCUT2D eigenvalue weighted by atomic mass is 9.82. The van der Waals surface area contributed by atoms with Gasteiger partial charge in [-0.25, -0.2) is 9.67 Å². The lowest BCUT2D eigenvalue weighted by Gasteiger charge is -2.30. The van der Waals surface area contributed by atoms with Crippen LogP contribution in [0.2, 0.25) is 5.02 Å². The Kier molecular flexibility index (Phi) is 6.54. The third-order valence-corrected chi connectivity index (χ3v) is 7.08. The molecule has 1 N–H and O–H groups in total. The van der Waals surface area contributed by atoms with Crippen LogP contribution >= 0.6 is 11.6 Å². The Hall–Kier alpha value is -4.02. The maximum Gasteiger partial charge on any atom is 0.258 e. The van der Waals surface area contributed by atoms with Crippen molar-refractivity contribution < 1.29 is 19.1 Å². The van der Waals surface area contributed by atoms with Gasteiger partial charge in [0.05, 0.1) is 40.8 Å². The summed E-state index contributed by atoms with van der Waals surface area (Å²) in [5.74, 6) is 1.18. The number of aromatic nitrogens is 6. The molecule has 0 aliphatic rings. The van der Waals surface area contributed by atoms with Gasteiger partial charge in [-0.15, -0.1) is 5.10 Å². The number of hydrogen-bond acceptors (Lipinski definition) is 9. The first-order valence-electron chi connectivity index (χ1n) is 11.9. The largest absolute Gasteiger partial charge is 0.482 e. The number of benzene rings is 1. The van der Waals surface area contributed by atoms with Crippen molar-refractivity contribution in [2.75, 3.05) is 7.11 Å². The van der Waals surface area contributed by atoms with Gasteiger partial charge < -0.3 is 19.1 Å². The highest BCUT2D eigenvalue weighted by molar-refractivity contribution is 6.37. The van der Waals surface area contributed by atoms with Crippen LogP contribution in [0.1, 0.15) is 45.2 Å². The summed E-state index contributed by atoms with van der Waals surface area (Å²) in [7, 11) is 3.23. The first kappa shape index (κ1) is 25.6. The third kappa shape index (κ3) is 4.15. The Labute approximate surface area is 224 Å². The molecule has 0 saturated heterocycles. The summed E-state index contributed by atoms with van der Waals surface area (Å²) in [6.07, 6.45) is 1.54. The first-order valence-corrected chi connectivity index (χ1v) is 12.3. The molecule has 196 valence electrons.